The van der Waals surface area contributed by atoms with Crippen LogP contribution in [0.3, 0.4) is 0 Å². The highest BCUT2D eigenvalue weighted by atomic mass is 16.3. The van der Waals surface area contributed by atoms with E-state index in [4.69, 9.17) is 0 Å². The Morgan fingerprint density at radius 2 is 1.56 bits per heavy atom. The van der Waals surface area contributed by atoms with Crippen molar-refractivity contribution in [1.29, 1.82) is 0 Å². The van der Waals surface area contributed by atoms with Gasteiger partial charge in [-0.1, -0.05) is 0 Å². The number of hydrogen-bond donors (Lipinski definition) is 0. The van der Waals surface area contributed by atoms with Gasteiger partial charge in [0.2, 0.25) is 0 Å². The lowest BCUT2D eigenvalue weighted by atomic mass is 10.2. The summed E-state index contributed by atoms with van der Waals surface area (Å²) in [5, 5.41) is 7.26. The third kappa shape index (κ3) is 2.16. The fourth-order valence-corrected chi connectivity index (χ4v) is 1.76. The molecule has 1 aromatic rings. The summed E-state index contributed by atoms with van der Waals surface area (Å²) in [5.41, 5.74) is 1.47. The van der Waals surface area contributed by atoms with Gasteiger partial charge in [-0.25, -0.2) is 0 Å². The second kappa shape index (κ2) is 4.69. The number of piperazine rings is 1. The Hall–Kier alpha value is -1.98. The molecule has 0 aliphatic carbocycles. The molecule has 0 atom stereocenters. The molecule has 0 N–H and O–H groups in total. The first-order valence-corrected chi connectivity index (χ1v) is 5.10. The van der Waals surface area contributed by atoms with Gasteiger partial charge < -0.3 is 4.90 Å². The standard InChI is InChI=1S/C10H12N4O2/c15-11-9-1-3-10(4-2-9)13-5-7-14(12-16)8-6-13/h1-4H,5-8H2. The summed E-state index contributed by atoms with van der Waals surface area (Å²) in [7, 11) is 0. The van der Waals surface area contributed by atoms with Gasteiger partial charge in [0.15, 0.2) is 0 Å². The lowest BCUT2D eigenvalue weighted by Gasteiger charge is -2.32. The smallest absolute Gasteiger partial charge is 0.108 e. The van der Waals surface area contributed by atoms with Crippen LogP contribution in [-0.2, 0) is 0 Å². The molecule has 1 aliphatic heterocycles. The number of rotatable bonds is 3. The maximum absolute atomic E-state index is 10.3. The van der Waals surface area contributed by atoms with E-state index in [1.54, 1.807) is 12.1 Å². The molecule has 2 rings (SSSR count). The summed E-state index contributed by atoms with van der Waals surface area (Å²) in [6.07, 6.45) is 0. The molecule has 0 spiro atoms. The van der Waals surface area contributed by atoms with Crippen LogP contribution < -0.4 is 4.90 Å². The molecule has 1 aromatic carbocycles. The van der Waals surface area contributed by atoms with Crippen LogP contribution in [-0.4, -0.2) is 31.2 Å². The highest BCUT2D eigenvalue weighted by Crippen LogP contribution is 2.20. The Labute approximate surface area is 92.8 Å². The van der Waals surface area contributed by atoms with Gasteiger partial charge in [-0.15, -0.1) is 9.81 Å². The number of nitrogens with zero attached hydrogens (tertiary/aromatic N) is 4. The van der Waals surface area contributed by atoms with Crippen molar-refractivity contribution < 1.29 is 0 Å². The minimum Gasteiger partial charge on any atom is -0.368 e. The van der Waals surface area contributed by atoms with Crippen molar-refractivity contribution in [2.75, 3.05) is 31.1 Å². The Bertz CT molecular complexity index is 371. The molecule has 1 saturated heterocycles. The molecule has 16 heavy (non-hydrogen) atoms. The van der Waals surface area contributed by atoms with Crippen LogP contribution in [0.5, 0.6) is 0 Å². The van der Waals surface area contributed by atoms with Crippen LogP contribution in [0, 0.1) is 9.81 Å². The molecule has 0 bridgehead atoms. The minimum absolute atomic E-state index is 0.428. The van der Waals surface area contributed by atoms with Crippen molar-refractivity contribution in [1.82, 2.24) is 5.01 Å². The summed E-state index contributed by atoms with van der Waals surface area (Å²) < 4.78 is 0. The van der Waals surface area contributed by atoms with E-state index in [1.165, 1.54) is 5.01 Å². The van der Waals surface area contributed by atoms with Gasteiger partial charge in [0.05, 0.1) is 18.4 Å². The quantitative estimate of drug-likeness (QED) is 0.729. The molecule has 84 valence electrons. The van der Waals surface area contributed by atoms with E-state index in [1.807, 2.05) is 12.1 Å². The second-order valence-electron chi connectivity index (χ2n) is 3.63. The Balaban J connectivity index is 2.02. The van der Waals surface area contributed by atoms with E-state index in [0.29, 0.717) is 18.8 Å². The first-order valence-electron chi connectivity index (χ1n) is 5.10. The van der Waals surface area contributed by atoms with Crippen LogP contribution in [0.15, 0.2) is 34.7 Å². The van der Waals surface area contributed by atoms with Gasteiger partial charge in [-0.3, -0.25) is 5.01 Å². The maximum Gasteiger partial charge on any atom is 0.108 e. The maximum atomic E-state index is 10.3. The molecule has 0 saturated carbocycles. The van der Waals surface area contributed by atoms with Gasteiger partial charge in [-0.2, -0.15) is 0 Å². The molecule has 1 aliphatic rings. The summed E-state index contributed by atoms with van der Waals surface area (Å²) in [4.78, 5) is 22.7. The highest BCUT2D eigenvalue weighted by molar-refractivity contribution is 5.52. The topological polar surface area (TPSA) is 65.3 Å². The van der Waals surface area contributed by atoms with Gasteiger partial charge in [-0.05, 0) is 29.4 Å². The average Bonchev–Trinajstić information content (AvgIpc) is 2.39. The summed E-state index contributed by atoms with van der Waals surface area (Å²) in [6, 6.07) is 7.10. The second-order valence-corrected chi connectivity index (χ2v) is 3.63. The summed E-state index contributed by atoms with van der Waals surface area (Å²) in [6.45, 7) is 2.80. The third-order valence-corrected chi connectivity index (χ3v) is 2.69. The molecule has 0 unspecified atom stereocenters. The largest absolute Gasteiger partial charge is 0.368 e. The van der Waals surface area contributed by atoms with Crippen LogP contribution >= 0.6 is 0 Å². The third-order valence-electron chi connectivity index (χ3n) is 2.69. The normalized spacial score (nSPS) is 16.0. The van der Waals surface area contributed by atoms with E-state index >= 15 is 0 Å². The lowest BCUT2D eigenvalue weighted by molar-refractivity contribution is 0.267. The van der Waals surface area contributed by atoms with E-state index in [-0.39, 0.29) is 0 Å². The number of nitroso groups, excluding NO2 is 2. The zero-order valence-electron chi connectivity index (χ0n) is 8.74. The van der Waals surface area contributed by atoms with Crippen LogP contribution in [0.1, 0.15) is 0 Å². The SMILES string of the molecule is O=Nc1ccc(N2CCN(N=O)CC2)cc1. The van der Waals surface area contributed by atoms with Crippen molar-refractivity contribution in [2.24, 2.45) is 10.5 Å². The predicted octanol–water partition coefficient (Wildman–Crippen LogP) is 1.89. The van der Waals surface area contributed by atoms with Gasteiger partial charge >= 0.3 is 0 Å². The molecule has 0 amide bonds. The fourth-order valence-electron chi connectivity index (χ4n) is 1.76. The average molecular weight is 220 g/mol. The van der Waals surface area contributed by atoms with E-state index in [9.17, 15) is 9.81 Å². The first-order chi connectivity index (χ1) is 7.83. The van der Waals surface area contributed by atoms with Crippen LogP contribution in [0.4, 0.5) is 11.4 Å². The summed E-state index contributed by atoms with van der Waals surface area (Å²) >= 11 is 0. The first kappa shape index (κ1) is 10.5. The molecule has 0 aromatic heterocycles. The van der Waals surface area contributed by atoms with E-state index in [0.717, 1.165) is 18.8 Å². The lowest BCUT2D eigenvalue weighted by Crippen LogP contribution is -2.43. The molecule has 6 heteroatoms. The predicted molar refractivity (Wildman–Crippen MR) is 61.5 cm³/mol. The molecular formula is C10H12N4O2. The van der Waals surface area contributed by atoms with Crippen molar-refractivity contribution >= 4 is 11.4 Å². The van der Waals surface area contributed by atoms with Gasteiger partial charge in [0.25, 0.3) is 0 Å². The molecular weight excluding hydrogens is 208 g/mol. The Morgan fingerprint density at radius 1 is 0.938 bits per heavy atom. The number of anilines is 1. The summed E-state index contributed by atoms with van der Waals surface area (Å²) in [5.74, 6) is 0. The van der Waals surface area contributed by atoms with Crippen molar-refractivity contribution in [3.63, 3.8) is 0 Å². The molecule has 6 nitrogen and oxygen atoms in total. The zero-order chi connectivity index (χ0) is 11.4. The van der Waals surface area contributed by atoms with E-state index in [2.05, 4.69) is 15.4 Å². The van der Waals surface area contributed by atoms with Crippen LogP contribution in [0.25, 0.3) is 0 Å². The number of hydrogen-bond acceptors (Lipinski definition) is 5. The highest BCUT2D eigenvalue weighted by Gasteiger charge is 2.16. The molecule has 1 fully saturated rings. The fraction of sp³-hybridized carbons (Fsp3) is 0.400. The Kier molecular flexibility index (Phi) is 3.09. The van der Waals surface area contributed by atoms with Crippen molar-refractivity contribution in [3.05, 3.63) is 34.1 Å². The zero-order valence-corrected chi connectivity index (χ0v) is 8.74. The van der Waals surface area contributed by atoms with Crippen molar-refractivity contribution in [2.45, 2.75) is 0 Å². The van der Waals surface area contributed by atoms with E-state index < -0.39 is 0 Å². The van der Waals surface area contributed by atoms with Gasteiger partial charge in [0, 0.05) is 18.8 Å². The number of benzene rings is 1. The molecule has 0 radical (unpaired) electrons. The monoisotopic (exact) mass is 220 g/mol. The minimum atomic E-state index is 0.428. The van der Waals surface area contributed by atoms with Crippen molar-refractivity contribution in [3.8, 4) is 0 Å². The van der Waals surface area contributed by atoms with Crippen LogP contribution in [0.2, 0.25) is 0 Å². The Morgan fingerprint density at radius 3 is 2.06 bits per heavy atom. The molecule has 1 heterocycles. The van der Waals surface area contributed by atoms with Gasteiger partial charge in [0.1, 0.15) is 5.69 Å².